The third-order valence-corrected chi connectivity index (χ3v) is 17.0. The number of benzene rings is 4. The van der Waals surface area contributed by atoms with Crippen LogP contribution in [0.4, 0.5) is 0 Å². The highest BCUT2D eigenvalue weighted by Gasteiger charge is 2.47. The second kappa shape index (κ2) is 8.23. The molecule has 0 aliphatic carbocycles. The van der Waals surface area contributed by atoms with E-state index in [9.17, 15) is 0 Å². The van der Waals surface area contributed by atoms with E-state index in [1.165, 1.54) is 22.7 Å². The van der Waals surface area contributed by atoms with Crippen LogP contribution >= 0.6 is 7.92 Å². The molecular formula is C29H29PSi. The molecule has 0 aromatic heterocycles. The third kappa shape index (κ3) is 3.32. The molecule has 3 unspecified atom stereocenters. The Kier molecular flexibility index (Phi) is 5.42. The van der Waals surface area contributed by atoms with Crippen molar-refractivity contribution in [1.29, 1.82) is 0 Å². The van der Waals surface area contributed by atoms with Crippen LogP contribution in [0.5, 0.6) is 0 Å². The van der Waals surface area contributed by atoms with Crippen LogP contribution in [0.1, 0.15) is 25.0 Å². The lowest BCUT2D eigenvalue weighted by atomic mass is 10.1. The highest BCUT2D eigenvalue weighted by atomic mass is 31.1. The molecule has 0 saturated carbocycles. The lowest BCUT2D eigenvalue weighted by Crippen LogP contribution is -2.59. The maximum absolute atomic E-state index is 2.63. The fraction of sp³-hybridized carbons (Fsp3) is 0.172. The smallest absolute Gasteiger partial charge is 0.0741 e. The topological polar surface area (TPSA) is 0 Å². The Morgan fingerprint density at radius 3 is 2.16 bits per heavy atom. The van der Waals surface area contributed by atoms with Gasteiger partial charge in [-0.15, -0.1) is 0 Å². The quantitative estimate of drug-likeness (QED) is 0.184. The number of rotatable bonds is 4. The van der Waals surface area contributed by atoms with Crippen LogP contribution in [0.15, 0.2) is 97.1 Å². The maximum atomic E-state index is 2.63. The third-order valence-electron chi connectivity index (χ3n) is 7.15. The maximum Gasteiger partial charge on any atom is 0.123 e. The molecule has 0 bridgehead atoms. The highest BCUT2D eigenvalue weighted by molar-refractivity contribution is 7.71. The van der Waals surface area contributed by atoms with Crippen LogP contribution < -0.4 is 10.5 Å². The van der Waals surface area contributed by atoms with Gasteiger partial charge in [0.15, 0.2) is 0 Å². The summed E-state index contributed by atoms with van der Waals surface area (Å²) in [6.07, 6.45) is 3.74. The van der Waals surface area contributed by atoms with Gasteiger partial charge in [0.1, 0.15) is 8.07 Å². The zero-order valence-electron chi connectivity index (χ0n) is 18.5. The first kappa shape index (κ1) is 20.4. The van der Waals surface area contributed by atoms with Crippen molar-refractivity contribution in [1.82, 2.24) is 0 Å². The lowest BCUT2D eigenvalue weighted by molar-refractivity contribution is 1.28. The summed E-state index contributed by atoms with van der Waals surface area (Å²) in [5.41, 5.74) is 2.68. The second-order valence-electron chi connectivity index (χ2n) is 8.68. The Balaban J connectivity index is 1.85. The van der Waals surface area contributed by atoms with E-state index in [2.05, 4.69) is 124 Å². The van der Waals surface area contributed by atoms with Gasteiger partial charge in [-0.05, 0) is 49.0 Å². The predicted molar refractivity (Wildman–Crippen MR) is 143 cm³/mol. The molecular weight excluding hydrogens is 407 g/mol. The van der Waals surface area contributed by atoms with E-state index in [0.717, 1.165) is 0 Å². The molecule has 4 aromatic carbocycles. The zero-order chi connectivity index (χ0) is 21.4. The summed E-state index contributed by atoms with van der Waals surface area (Å²) < 4.78 is 0. The number of hydrogen-bond donors (Lipinski definition) is 0. The molecule has 154 valence electrons. The summed E-state index contributed by atoms with van der Waals surface area (Å²) in [5, 5.41) is 8.45. The largest absolute Gasteiger partial charge is 0.123 e. The van der Waals surface area contributed by atoms with Crippen molar-refractivity contribution >= 4 is 48.5 Å². The van der Waals surface area contributed by atoms with Crippen LogP contribution in [0.2, 0.25) is 6.55 Å². The molecule has 31 heavy (non-hydrogen) atoms. The van der Waals surface area contributed by atoms with Crippen molar-refractivity contribution in [3.05, 3.63) is 108 Å². The Morgan fingerprint density at radius 2 is 1.48 bits per heavy atom. The van der Waals surface area contributed by atoms with Gasteiger partial charge in [-0.2, -0.15) is 0 Å². The van der Waals surface area contributed by atoms with Crippen LogP contribution in [-0.2, 0) is 0 Å². The van der Waals surface area contributed by atoms with E-state index in [1.54, 1.807) is 21.1 Å². The van der Waals surface area contributed by atoms with Gasteiger partial charge in [0.2, 0.25) is 0 Å². The van der Waals surface area contributed by atoms with Crippen molar-refractivity contribution in [2.75, 3.05) is 6.16 Å². The fourth-order valence-electron chi connectivity index (χ4n) is 5.42. The Hall–Kier alpha value is -2.47. The molecule has 2 heteroatoms. The van der Waals surface area contributed by atoms with Gasteiger partial charge < -0.3 is 0 Å². The van der Waals surface area contributed by atoms with Gasteiger partial charge in [-0.25, -0.2) is 0 Å². The summed E-state index contributed by atoms with van der Waals surface area (Å²) in [7, 11) is -2.24. The minimum atomic E-state index is -2.04. The van der Waals surface area contributed by atoms with Crippen molar-refractivity contribution in [3.8, 4) is 0 Å². The first-order valence-corrected chi connectivity index (χ1v) is 15.4. The summed E-state index contributed by atoms with van der Waals surface area (Å²) in [6.45, 7) is 7.58. The van der Waals surface area contributed by atoms with Crippen molar-refractivity contribution in [2.45, 2.75) is 25.7 Å². The summed E-state index contributed by atoms with van der Waals surface area (Å²) >= 11 is 0. The van der Waals surface area contributed by atoms with Gasteiger partial charge in [0.05, 0.1) is 0 Å². The molecule has 0 amide bonds. The summed E-state index contributed by atoms with van der Waals surface area (Å²) in [6, 6.07) is 36.0. The van der Waals surface area contributed by atoms with E-state index < -0.39 is 8.07 Å². The van der Waals surface area contributed by atoms with E-state index >= 15 is 0 Å². The lowest BCUT2D eigenvalue weighted by Gasteiger charge is -2.46. The molecule has 4 aromatic rings. The molecule has 0 nitrogen and oxygen atoms in total. The SMILES string of the molecule is CCP1c2cccc3cccc(c23)[Si](C)(/C(=C\c2ccccc2)c2ccccc2)C1C. The monoisotopic (exact) mass is 436 g/mol. The molecule has 0 fully saturated rings. The van der Waals surface area contributed by atoms with E-state index in [0.29, 0.717) is 5.28 Å². The van der Waals surface area contributed by atoms with Gasteiger partial charge in [-0.3, -0.25) is 0 Å². The van der Waals surface area contributed by atoms with Gasteiger partial charge >= 0.3 is 0 Å². The van der Waals surface area contributed by atoms with Crippen LogP contribution in [0.3, 0.4) is 0 Å². The minimum absolute atomic E-state index is 0.200. The summed E-state index contributed by atoms with van der Waals surface area (Å²) in [5.74, 6) is 0. The molecule has 5 rings (SSSR count). The summed E-state index contributed by atoms with van der Waals surface area (Å²) in [4.78, 5) is 0. The average molecular weight is 437 g/mol. The molecule has 0 saturated heterocycles. The zero-order valence-corrected chi connectivity index (χ0v) is 20.4. The minimum Gasteiger partial charge on any atom is -0.0741 e. The molecule has 1 heterocycles. The number of hydrogen-bond acceptors (Lipinski definition) is 0. The standard InChI is InChI=1S/C29H29PSi/c1-4-30-22(2)31(3,27-20-12-18-25-17-11-19-26(30)29(25)27)28(24-15-9-6-10-16-24)21-23-13-7-5-8-14-23/h5-22H,4H2,1-3H3/b28-21-. The molecule has 0 spiro atoms. The van der Waals surface area contributed by atoms with Crippen molar-refractivity contribution in [3.63, 3.8) is 0 Å². The predicted octanol–water partition coefficient (Wildman–Crippen LogP) is 6.97. The Morgan fingerprint density at radius 1 is 0.839 bits per heavy atom. The normalized spacial score (nSPS) is 23.1. The van der Waals surface area contributed by atoms with Crippen LogP contribution in [0.25, 0.3) is 22.0 Å². The van der Waals surface area contributed by atoms with Gasteiger partial charge in [-0.1, -0.05) is 131 Å². The van der Waals surface area contributed by atoms with Crippen LogP contribution in [-0.4, -0.2) is 19.5 Å². The fourth-order valence-corrected chi connectivity index (χ4v) is 15.6. The van der Waals surface area contributed by atoms with Crippen molar-refractivity contribution in [2.24, 2.45) is 0 Å². The second-order valence-corrected chi connectivity index (χ2v) is 16.3. The molecule has 0 radical (unpaired) electrons. The average Bonchev–Trinajstić information content (AvgIpc) is 2.83. The van der Waals surface area contributed by atoms with E-state index in [-0.39, 0.29) is 7.92 Å². The molecule has 1 aliphatic heterocycles. The Bertz CT molecular complexity index is 1240. The van der Waals surface area contributed by atoms with Crippen LogP contribution in [0, 0.1) is 0 Å². The molecule has 0 N–H and O–H groups in total. The van der Waals surface area contributed by atoms with Crippen molar-refractivity contribution < 1.29 is 0 Å². The van der Waals surface area contributed by atoms with E-state index in [1.807, 2.05) is 0 Å². The van der Waals surface area contributed by atoms with Gasteiger partial charge in [0, 0.05) is 0 Å². The van der Waals surface area contributed by atoms with Gasteiger partial charge in [0.25, 0.3) is 0 Å². The first-order chi connectivity index (χ1) is 15.1. The van der Waals surface area contributed by atoms with E-state index in [4.69, 9.17) is 0 Å². The first-order valence-electron chi connectivity index (χ1n) is 11.3. The molecule has 1 aliphatic rings. The Labute approximate surface area is 188 Å². The molecule has 3 atom stereocenters. The highest BCUT2D eigenvalue weighted by Crippen LogP contribution is 2.52.